The Kier molecular flexibility index (Phi) is 6.80. The van der Waals surface area contributed by atoms with Gasteiger partial charge in [0.2, 0.25) is 0 Å². The number of likely N-dealkylation sites (N-methyl/N-ethyl adjacent to an activating group) is 2. The van der Waals surface area contributed by atoms with Crippen molar-refractivity contribution in [2.45, 2.75) is 37.3 Å². The highest BCUT2D eigenvalue weighted by atomic mass is 19.3. The molecule has 0 radical (unpaired) electrons. The Morgan fingerprint density at radius 2 is 2.11 bits per heavy atom. The van der Waals surface area contributed by atoms with Crippen LogP contribution in [0.3, 0.4) is 0 Å². The van der Waals surface area contributed by atoms with Crippen molar-refractivity contribution < 1.29 is 17.9 Å². The maximum absolute atomic E-state index is 14.4. The van der Waals surface area contributed by atoms with E-state index in [0.717, 1.165) is 16.7 Å². The van der Waals surface area contributed by atoms with Gasteiger partial charge in [0, 0.05) is 24.6 Å². The molecule has 1 aliphatic carbocycles. The van der Waals surface area contributed by atoms with Crippen molar-refractivity contribution in [1.29, 1.82) is 0 Å². The summed E-state index contributed by atoms with van der Waals surface area (Å²) in [5.74, 6) is -2.73. The molecule has 154 valence electrons. The second-order valence-corrected chi connectivity index (χ2v) is 7.26. The molecule has 0 spiro atoms. The van der Waals surface area contributed by atoms with Crippen LogP contribution in [0.2, 0.25) is 0 Å². The maximum atomic E-state index is 14.4. The molecule has 0 amide bonds. The highest BCUT2D eigenvalue weighted by Gasteiger charge is 2.48. The monoisotopic (exact) mass is 395 g/mol. The predicted octanol–water partition coefficient (Wildman–Crippen LogP) is 3.02. The van der Waals surface area contributed by atoms with Crippen molar-refractivity contribution >= 4 is 5.57 Å². The summed E-state index contributed by atoms with van der Waals surface area (Å²) >= 11 is 0. The first-order chi connectivity index (χ1) is 13.5. The van der Waals surface area contributed by atoms with E-state index in [1.807, 2.05) is 37.4 Å². The smallest absolute Gasteiger partial charge is 0.276 e. The van der Waals surface area contributed by atoms with E-state index >= 15 is 0 Å². The van der Waals surface area contributed by atoms with Crippen LogP contribution in [0.15, 0.2) is 41.9 Å². The fourth-order valence-corrected chi connectivity index (χ4v) is 3.87. The second kappa shape index (κ2) is 9.11. The molecule has 0 unspecified atom stereocenters. The van der Waals surface area contributed by atoms with Crippen LogP contribution in [0, 0.1) is 0 Å². The summed E-state index contributed by atoms with van der Waals surface area (Å²) in [6, 6.07) is 6.36. The number of hydrogen-bond acceptors (Lipinski definition) is 4. The van der Waals surface area contributed by atoms with E-state index in [-0.39, 0.29) is 24.2 Å². The number of alkyl halides is 2. The van der Waals surface area contributed by atoms with Gasteiger partial charge >= 0.3 is 0 Å². The van der Waals surface area contributed by atoms with Crippen molar-refractivity contribution in [2.75, 3.05) is 33.8 Å². The van der Waals surface area contributed by atoms with Crippen LogP contribution >= 0.6 is 0 Å². The van der Waals surface area contributed by atoms with Crippen molar-refractivity contribution in [2.24, 2.45) is 0 Å². The number of halogens is 3. The Morgan fingerprint density at radius 1 is 1.29 bits per heavy atom. The number of benzene rings is 1. The van der Waals surface area contributed by atoms with Gasteiger partial charge in [0.25, 0.3) is 5.92 Å². The zero-order chi connectivity index (χ0) is 20.1. The van der Waals surface area contributed by atoms with Gasteiger partial charge in [-0.3, -0.25) is 0 Å². The molecule has 28 heavy (non-hydrogen) atoms. The molecule has 2 atom stereocenters. The first-order valence-corrected chi connectivity index (χ1v) is 9.70. The molecule has 0 bridgehead atoms. The van der Waals surface area contributed by atoms with Gasteiger partial charge in [-0.05, 0) is 38.1 Å². The number of allylic oxidation sites excluding steroid dienone is 3. The quantitative estimate of drug-likeness (QED) is 0.592. The lowest BCUT2D eigenvalue weighted by Crippen LogP contribution is -2.47. The lowest BCUT2D eigenvalue weighted by atomic mass is 9.93. The highest BCUT2D eigenvalue weighted by molar-refractivity contribution is 5.78. The summed E-state index contributed by atoms with van der Waals surface area (Å²) in [4.78, 5) is 0. The Hall–Kier alpha value is -1.83. The van der Waals surface area contributed by atoms with Crippen LogP contribution in [0.5, 0.6) is 0 Å². The molecule has 2 aliphatic rings. The summed E-state index contributed by atoms with van der Waals surface area (Å²) < 4.78 is 48.0. The number of rotatable bonds is 8. The standard InChI is InChI=1S/C21H28F3N3O/c1-25-9-10-28-19-16(7-4-8-17(19)22)15-6-3-5-14(11-15)12-18-20(26-2)21(23,24)13-27-18/h3,5-7,11,18,20,25-27H,4,8-10,12-13H2,1-2H3/t18-,20+/m0/s1. The summed E-state index contributed by atoms with van der Waals surface area (Å²) in [7, 11) is 3.37. The summed E-state index contributed by atoms with van der Waals surface area (Å²) in [5.41, 5.74) is 2.50. The van der Waals surface area contributed by atoms with Crippen LogP contribution in [-0.2, 0) is 11.2 Å². The van der Waals surface area contributed by atoms with Crippen LogP contribution < -0.4 is 16.0 Å². The normalized spacial score (nSPS) is 24.4. The lowest BCUT2D eigenvalue weighted by Gasteiger charge is -2.23. The first kappa shape index (κ1) is 20.9. The number of nitrogens with one attached hydrogen (secondary N) is 3. The van der Waals surface area contributed by atoms with E-state index in [2.05, 4.69) is 16.0 Å². The Bertz CT molecular complexity index is 748. The molecule has 3 rings (SSSR count). The molecule has 1 aromatic carbocycles. The van der Waals surface area contributed by atoms with Crippen LogP contribution in [0.4, 0.5) is 13.2 Å². The van der Waals surface area contributed by atoms with Crippen LogP contribution in [-0.4, -0.2) is 51.8 Å². The third-order valence-corrected chi connectivity index (χ3v) is 5.26. The van der Waals surface area contributed by atoms with Gasteiger partial charge in [0.15, 0.2) is 5.76 Å². The third-order valence-electron chi connectivity index (χ3n) is 5.26. The Labute approximate surface area is 164 Å². The molecule has 3 N–H and O–H groups in total. The van der Waals surface area contributed by atoms with E-state index in [1.165, 1.54) is 0 Å². The Morgan fingerprint density at radius 3 is 2.86 bits per heavy atom. The van der Waals surface area contributed by atoms with Gasteiger partial charge < -0.3 is 20.7 Å². The van der Waals surface area contributed by atoms with E-state index in [0.29, 0.717) is 32.4 Å². The predicted molar refractivity (Wildman–Crippen MR) is 105 cm³/mol. The number of ether oxygens (including phenoxy) is 1. The van der Waals surface area contributed by atoms with Gasteiger partial charge in [-0.1, -0.05) is 30.3 Å². The third kappa shape index (κ3) is 4.59. The molecule has 4 nitrogen and oxygen atoms in total. The Balaban J connectivity index is 1.78. The molecule has 0 saturated carbocycles. The molecular formula is C21H28F3N3O. The van der Waals surface area contributed by atoms with Gasteiger partial charge in [0.05, 0.1) is 12.6 Å². The summed E-state index contributed by atoms with van der Waals surface area (Å²) in [6.07, 6.45) is 3.39. The zero-order valence-electron chi connectivity index (χ0n) is 16.3. The molecule has 1 aromatic rings. The van der Waals surface area contributed by atoms with Gasteiger partial charge in [-0.2, -0.15) is 0 Å². The lowest BCUT2D eigenvalue weighted by molar-refractivity contribution is -0.00543. The zero-order valence-corrected chi connectivity index (χ0v) is 16.3. The molecular weight excluding hydrogens is 367 g/mol. The minimum absolute atomic E-state index is 0.244. The largest absolute Gasteiger partial charge is 0.489 e. The first-order valence-electron chi connectivity index (χ1n) is 9.70. The van der Waals surface area contributed by atoms with Crippen LogP contribution in [0.25, 0.3) is 5.57 Å². The minimum Gasteiger partial charge on any atom is -0.489 e. The van der Waals surface area contributed by atoms with Crippen LogP contribution in [0.1, 0.15) is 24.0 Å². The van der Waals surface area contributed by atoms with Gasteiger partial charge in [-0.25, -0.2) is 13.2 Å². The van der Waals surface area contributed by atoms with Gasteiger partial charge in [-0.15, -0.1) is 0 Å². The van der Waals surface area contributed by atoms with Crippen molar-refractivity contribution in [1.82, 2.24) is 16.0 Å². The molecule has 1 saturated heterocycles. The summed E-state index contributed by atoms with van der Waals surface area (Å²) in [6.45, 7) is 0.670. The fraction of sp³-hybridized carbons (Fsp3) is 0.524. The van der Waals surface area contributed by atoms with Crippen molar-refractivity contribution in [3.63, 3.8) is 0 Å². The molecule has 1 aliphatic heterocycles. The van der Waals surface area contributed by atoms with E-state index < -0.39 is 12.0 Å². The van der Waals surface area contributed by atoms with E-state index in [1.54, 1.807) is 7.05 Å². The maximum Gasteiger partial charge on any atom is 0.276 e. The topological polar surface area (TPSA) is 45.3 Å². The van der Waals surface area contributed by atoms with Gasteiger partial charge in [0.1, 0.15) is 12.4 Å². The van der Waals surface area contributed by atoms with Crippen molar-refractivity contribution in [3.05, 3.63) is 53.1 Å². The SMILES string of the molecule is CNCCOC1=C(F)CCC=C1c1cccc(C[C@@H]2NCC(F)(F)[C@@H]2NC)c1. The average molecular weight is 395 g/mol. The summed E-state index contributed by atoms with van der Waals surface area (Å²) in [5, 5.41) is 8.63. The van der Waals surface area contributed by atoms with Crippen molar-refractivity contribution in [3.8, 4) is 0 Å². The van der Waals surface area contributed by atoms with E-state index in [4.69, 9.17) is 4.74 Å². The fourth-order valence-electron chi connectivity index (χ4n) is 3.87. The second-order valence-electron chi connectivity index (χ2n) is 7.26. The highest BCUT2D eigenvalue weighted by Crippen LogP contribution is 2.34. The molecule has 0 aromatic heterocycles. The molecule has 1 fully saturated rings. The van der Waals surface area contributed by atoms with E-state index in [9.17, 15) is 13.2 Å². The number of hydrogen-bond donors (Lipinski definition) is 3. The average Bonchev–Trinajstić information content (AvgIpc) is 2.96. The molecule has 1 heterocycles. The minimum atomic E-state index is -2.77. The molecule has 7 heteroatoms.